The van der Waals surface area contributed by atoms with Gasteiger partial charge in [-0.15, -0.1) is 0 Å². The number of rotatable bonds is 4. The Labute approximate surface area is 123 Å². The predicted octanol–water partition coefficient (Wildman–Crippen LogP) is 4.44. The van der Waals surface area contributed by atoms with E-state index < -0.39 is 0 Å². The molecule has 0 unspecified atom stereocenters. The summed E-state index contributed by atoms with van der Waals surface area (Å²) >= 11 is 12.2. The smallest absolute Gasteiger partial charge is 0.132 e. The third-order valence-electron chi connectivity index (χ3n) is 2.87. The zero-order chi connectivity index (χ0) is 13.8. The van der Waals surface area contributed by atoms with E-state index in [-0.39, 0.29) is 0 Å². The van der Waals surface area contributed by atoms with Crippen molar-refractivity contribution in [3.63, 3.8) is 0 Å². The molecule has 0 fully saturated rings. The quantitative estimate of drug-likeness (QED) is 0.906. The minimum atomic E-state index is 0.602. The molecule has 0 aliphatic rings. The highest BCUT2D eigenvalue weighted by Gasteiger charge is 2.14. The maximum Gasteiger partial charge on any atom is 0.132 e. The van der Waals surface area contributed by atoms with Gasteiger partial charge in [-0.05, 0) is 24.6 Å². The first kappa shape index (κ1) is 14.1. The predicted molar refractivity (Wildman–Crippen MR) is 81.0 cm³/mol. The van der Waals surface area contributed by atoms with E-state index in [1.54, 1.807) is 12.4 Å². The highest BCUT2D eigenvalue weighted by atomic mass is 35.5. The van der Waals surface area contributed by atoms with Crippen molar-refractivity contribution < 1.29 is 0 Å². The lowest BCUT2D eigenvalue weighted by Gasteiger charge is -2.13. The van der Waals surface area contributed by atoms with Gasteiger partial charge in [-0.25, -0.2) is 9.97 Å². The molecule has 0 aliphatic heterocycles. The molecule has 0 radical (unpaired) electrons. The van der Waals surface area contributed by atoms with Gasteiger partial charge in [0.25, 0.3) is 0 Å². The lowest BCUT2D eigenvalue weighted by Crippen LogP contribution is -2.03. The van der Waals surface area contributed by atoms with Crippen LogP contribution < -0.4 is 5.32 Å². The Morgan fingerprint density at radius 2 is 2.00 bits per heavy atom. The molecule has 2 rings (SSSR count). The van der Waals surface area contributed by atoms with Crippen molar-refractivity contribution >= 4 is 29.0 Å². The molecule has 1 aromatic carbocycles. The van der Waals surface area contributed by atoms with Crippen molar-refractivity contribution in [3.05, 3.63) is 40.1 Å². The summed E-state index contributed by atoms with van der Waals surface area (Å²) in [6.45, 7) is 2.12. The van der Waals surface area contributed by atoms with E-state index in [0.717, 1.165) is 35.5 Å². The number of hydrogen-bond acceptors (Lipinski definition) is 3. The van der Waals surface area contributed by atoms with E-state index >= 15 is 0 Å². The normalized spacial score (nSPS) is 10.5. The second-order valence-corrected chi connectivity index (χ2v) is 5.02. The van der Waals surface area contributed by atoms with Crippen LogP contribution in [0, 0.1) is 0 Å². The minimum absolute atomic E-state index is 0.602. The summed E-state index contributed by atoms with van der Waals surface area (Å²) in [6.07, 6.45) is 3.46. The van der Waals surface area contributed by atoms with E-state index in [1.165, 1.54) is 0 Å². The zero-order valence-corrected chi connectivity index (χ0v) is 12.4. The molecule has 19 heavy (non-hydrogen) atoms. The summed E-state index contributed by atoms with van der Waals surface area (Å²) < 4.78 is 0. The Balaban J connectivity index is 2.60. The summed E-state index contributed by atoms with van der Waals surface area (Å²) in [5.41, 5.74) is 2.83. The SMILES string of the molecule is CCCc1c(NC)ncnc1-c1ccc(Cl)cc1Cl. The Kier molecular flexibility index (Phi) is 4.61. The molecule has 0 amide bonds. The number of anilines is 1. The van der Waals surface area contributed by atoms with Gasteiger partial charge >= 0.3 is 0 Å². The van der Waals surface area contributed by atoms with Crippen molar-refractivity contribution in [1.82, 2.24) is 9.97 Å². The maximum absolute atomic E-state index is 6.27. The summed E-state index contributed by atoms with van der Waals surface area (Å²) in [7, 11) is 1.86. The number of benzene rings is 1. The van der Waals surface area contributed by atoms with Gasteiger partial charge in [-0.2, -0.15) is 0 Å². The lowest BCUT2D eigenvalue weighted by molar-refractivity contribution is 0.906. The molecule has 0 spiro atoms. The molecular weight excluding hydrogens is 281 g/mol. The fraction of sp³-hybridized carbons (Fsp3) is 0.286. The first-order valence-corrected chi connectivity index (χ1v) is 6.90. The molecule has 0 saturated carbocycles. The van der Waals surface area contributed by atoms with Crippen LogP contribution >= 0.6 is 23.2 Å². The van der Waals surface area contributed by atoms with Crippen LogP contribution in [0.4, 0.5) is 5.82 Å². The monoisotopic (exact) mass is 295 g/mol. The van der Waals surface area contributed by atoms with Gasteiger partial charge in [0.2, 0.25) is 0 Å². The Morgan fingerprint density at radius 1 is 1.21 bits per heavy atom. The van der Waals surface area contributed by atoms with Gasteiger partial charge in [-0.1, -0.05) is 36.5 Å². The summed E-state index contributed by atoms with van der Waals surface area (Å²) in [5.74, 6) is 0.845. The number of aromatic nitrogens is 2. The first-order chi connectivity index (χ1) is 9.17. The Morgan fingerprint density at radius 3 is 2.63 bits per heavy atom. The van der Waals surface area contributed by atoms with Crippen LogP contribution in [0.25, 0.3) is 11.3 Å². The van der Waals surface area contributed by atoms with Crippen LogP contribution in [0.2, 0.25) is 10.0 Å². The van der Waals surface area contributed by atoms with Gasteiger partial charge in [-0.3, -0.25) is 0 Å². The molecule has 0 atom stereocenters. The topological polar surface area (TPSA) is 37.8 Å². The minimum Gasteiger partial charge on any atom is -0.373 e. The fourth-order valence-corrected chi connectivity index (χ4v) is 2.53. The van der Waals surface area contributed by atoms with Crippen molar-refractivity contribution in [2.24, 2.45) is 0 Å². The van der Waals surface area contributed by atoms with Crippen LogP contribution in [0.3, 0.4) is 0 Å². The van der Waals surface area contributed by atoms with Crippen LogP contribution in [0.1, 0.15) is 18.9 Å². The molecule has 1 N–H and O–H groups in total. The van der Waals surface area contributed by atoms with E-state index in [1.807, 2.05) is 19.2 Å². The molecule has 0 bridgehead atoms. The van der Waals surface area contributed by atoms with Gasteiger partial charge in [0.05, 0.1) is 10.7 Å². The van der Waals surface area contributed by atoms with Crippen LogP contribution in [0.5, 0.6) is 0 Å². The molecule has 1 aromatic heterocycles. The van der Waals surface area contributed by atoms with Crippen molar-refractivity contribution in [2.75, 3.05) is 12.4 Å². The molecule has 100 valence electrons. The summed E-state index contributed by atoms with van der Waals surface area (Å²) in [5, 5.41) is 4.32. The fourth-order valence-electron chi connectivity index (χ4n) is 2.03. The third kappa shape index (κ3) is 2.99. The third-order valence-corrected chi connectivity index (χ3v) is 3.42. The second kappa shape index (κ2) is 6.22. The van der Waals surface area contributed by atoms with E-state index in [4.69, 9.17) is 23.2 Å². The Hall–Kier alpha value is -1.32. The molecule has 5 heteroatoms. The number of halogens is 2. The average molecular weight is 296 g/mol. The standard InChI is InChI=1S/C14H15Cl2N3/c1-3-4-11-13(18-8-19-14(11)17-2)10-6-5-9(15)7-12(10)16/h5-8H,3-4H2,1-2H3,(H,17,18,19). The summed E-state index contributed by atoms with van der Waals surface area (Å²) in [6, 6.07) is 5.45. The van der Waals surface area contributed by atoms with Crippen LogP contribution in [-0.4, -0.2) is 17.0 Å². The van der Waals surface area contributed by atoms with E-state index in [9.17, 15) is 0 Å². The molecular formula is C14H15Cl2N3. The van der Waals surface area contributed by atoms with Crippen molar-refractivity contribution in [3.8, 4) is 11.3 Å². The summed E-state index contributed by atoms with van der Waals surface area (Å²) in [4.78, 5) is 8.65. The lowest BCUT2D eigenvalue weighted by atomic mass is 10.0. The van der Waals surface area contributed by atoms with E-state index in [0.29, 0.717) is 10.0 Å². The highest BCUT2D eigenvalue weighted by molar-refractivity contribution is 6.36. The van der Waals surface area contributed by atoms with Crippen LogP contribution in [0.15, 0.2) is 24.5 Å². The van der Waals surface area contributed by atoms with Gasteiger partial charge in [0.15, 0.2) is 0 Å². The van der Waals surface area contributed by atoms with Gasteiger partial charge in [0.1, 0.15) is 12.1 Å². The van der Waals surface area contributed by atoms with E-state index in [2.05, 4.69) is 22.2 Å². The number of hydrogen-bond donors (Lipinski definition) is 1. The molecule has 3 nitrogen and oxygen atoms in total. The second-order valence-electron chi connectivity index (χ2n) is 4.17. The molecule has 0 saturated heterocycles. The average Bonchev–Trinajstić information content (AvgIpc) is 2.40. The highest BCUT2D eigenvalue weighted by Crippen LogP contribution is 2.33. The molecule has 0 aliphatic carbocycles. The first-order valence-electron chi connectivity index (χ1n) is 6.14. The van der Waals surface area contributed by atoms with Crippen molar-refractivity contribution in [1.29, 1.82) is 0 Å². The maximum atomic E-state index is 6.27. The van der Waals surface area contributed by atoms with Gasteiger partial charge < -0.3 is 5.32 Å². The zero-order valence-electron chi connectivity index (χ0n) is 10.9. The number of nitrogens with zero attached hydrogens (tertiary/aromatic N) is 2. The molecule has 2 aromatic rings. The van der Waals surface area contributed by atoms with Crippen molar-refractivity contribution in [2.45, 2.75) is 19.8 Å². The largest absolute Gasteiger partial charge is 0.373 e. The van der Waals surface area contributed by atoms with Gasteiger partial charge in [0, 0.05) is 23.2 Å². The molecule has 1 heterocycles. The van der Waals surface area contributed by atoms with Crippen LogP contribution in [-0.2, 0) is 6.42 Å². The Bertz CT molecular complexity index is 585. The number of nitrogens with one attached hydrogen (secondary N) is 1.